The summed E-state index contributed by atoms with van der Waals surface area (Å²) in [7, 11) is 1.71. The zero-order chi connectivity index (χ0) is 39.1. The van der Waals surface area contributed by atoms with Gasteiger partial charge < -0.3 is 35.6 Å². The molecule has 0 spiro atoms. The molecule has 51 heavy (non-hydrogen) atoms. The van der Waals surface area contributed by atoms with E-state index in [1.165, 1.54) is 0 Å². The average molecular weight is 705 g/mol. The Bertz CT molecular complexity index is 1370. The molecule has 8 heteroatoms. The maximum atomic E-state index is 10.7. The second kappa shape index (κ2) is 30.3. The molecule has 0 aliphatic carbocycles. The maximum absolute atomic E-state index is 10.7. The van der Waals surface area contributed by atoms with Gasteiger partial charge in [-0.15, -0.1) is 0 Å². The van der Waals surface area contributed by atoms with Gasteiger partial charge in [-0.3, -0.25) is 4.79 Å². The number of aldehydes is 1. The highest BCUT2D eigenvalue weighted by Gasteiger charge is 2.12. The molecular weight excluding hydrogens is 640 g/mol. The molecule has 5 N–H and O–H groups in total. The van der Waals surface area contributed by atoms with Crippen molar-refractivity contribution in [2.75, 3.05) is 7.11 Å². The number of nitrogens with two attached hydrogens (primary N) is 2. The fourth-order valence-corrected chi connectivity index (χ4v) is 3.59. The molecule has 0 aliphatic rings. The molecule has 0 saturated carbocycles. The average Bonchev–Trinajstić information content (AvgIpc) is 3.17. The van der Waals surface area contributed by atoms with E-state index in [1.807, 2.05) is 172 Å². The van der Waals surface area contributed by atoms with E-state index in [0.717, 1.165) is 40.0 Å². The lowest BCUT2D eigenvalue weighted by atomic mass is 10.1. The summed E-state index contributed by atoms with van der Waals surface area (Å²) in [5.41, 5.74) is 15.3. The molecule has 282 valence electrons. The zero-order valence-electron chi connectivity index (χ0n) is 32.6. The van der Waals surface area contributed by atoms with Gasteiger partial charge in [0.2, 0.25) is 0 Å². The summed E-state index contributed by atoms with van der Waals surface area (Å²) < 4.78 is 16.3. The third kappa shape index (κ3) is 25.2. The molecule has 2 unspecified atom stereocenters. The number of carbonyl (C=O) groups excluding carboxylic acids is 1. The second-order valence-corrected chi connectivity index (χ2v) is 11.3. The Morgan fingerprint density at radius 3 is 1.25 bits per heavy atom. The van der Waals surface area contributed by atoms with Gasteiger partial charge in [0.25, 0.3) is 0 Å². The summed E-state index contributed by atoms with van der Waals surface area (Å²) in [5, 5.41) is 8.76. The Morgan fingerprint density at radius 2 is 0.961 bits per heavy atom. The number of methoxy groups -OCH3 is 1. The number of hydrogen-bond donors (Lipinski definition) is 3. The van der Waals surface area contributed by atoms with Gasteiger partial charge in [-0.25, -0.2) is 0 Å². The molecule has 0 saturated heterocycles. The molecule has 0 aliphatic heterocycles. The standard InChI is InChI=1S/C16H17NO3.C16H17NO2.C5H12O.3C2H6/c17-15(16(18)19)10-12-6-8-14(9-7-12)20-11-13-4-2-1-3-5-13;17-15(11-18)10-13-6-8-16(9-7-13)19-12-14-4-2-1-3-5-14;1-5(2,3)6-4;3*1-2/h1-9,15H,10-11,17H2,(H,18,19);1-9,11,15H,10,12,17H2;1-4H3;3*1-2H3. The van der Waals surface area contributed by atoms with E-state index in [4.69, 9.17) is 30.8 Å². The molecule has 2 atom stereocenters. The summed E-state index contributed by atoms with van der Waals surface area (Å²) in [6.45, 7) is 19.1. The Hall–Kier alpha value is -4.50. The molecule has 4 rings (SSSR count). The van der Waals surface area contributed by atoms with E-state index >= 15 is 0 Å². The fraction of sp³-hybridized carbons (Fsp3) is 0.395. The van der Waals surface area contributed by atoms with E-state index in [2.05, 4.69) is 0 Å². The van der Waals surface area contributed by atoms with Crippen molar-refractivity contribution in [1.82, 2.24) is 0 Å². The Labute approximate surface area is 308 Å². The van der Waals surface area contributed by atoms with Crippen LogP contribution in [0.1, 0.15) is 84.6 Å². The normalized spacial score (nSPS) is 10.8. The largest absolute Gasteiger partial charge is 0.489 e. The van der Waals surface area contributed by atoms with Crippen LogP contribution in [0.25, 0.3) is 0 Å². The van der Waals surface area contributed by atoms with Gasteiger partial charge in [0, 0.05) is 7.11 Å². The topological polar surface area (TPSA) is 134 Å². The molecule has 0 fully saturated rings. The number of aliphatic carboxylic acids is 1. The highest BCUT2D eigenvalue weighted by Crippen LogP contribution is 2.16. The summed E-state index contributed by atoms with van der Waals surface area (Å²) in [6.07, 6.45) is 1.64. The van der Waals surface area contributed by atoms with Crippen molar-refractivity contribution in [3.8, 4) is 11.5 Å². The lowest BCUT2D eigenvalue weighted by Gasteiger charge is -2.14. The molecule has 0 heterocycles. The summed E-state index contributed by atoms with van der Waals surface area (Å²) in [4.78, 5) is 21.2. The third-order valence-corrected chi connectivity index (χ3v) is 6.37. The van der Waals surface area contributed by atoms with Crippen LogP contribution in [0.4, 0.5) is 0 Å². The van der Waals surface area contributed by atoms with Crippen LogP contribution in [0.15, 0.2) is 109 Å². The minimum Gasteiger partial charge on any atom is -0.489 e. The quantitative estimate of drug-likeness (QED) is 0.124. The van der Waals surface area contributed by atoms with Crippen LogP contribution in [-0.4, -0.2) is 42.2 Å². The van der Waals surface area contributed by atoms with Crippen LogP contribution in [-0.2, 0) is 40.4 Å². The number of hydrogen-bond acceptors (Lipinski definition) is 7. The van der Waals surface area contributed by atoms with Crippen LogP contribution in [0, 0.1) is 0 Å². The van der Waals surface area contributed by atoms with E-state index in [0.29, 0.717) is 26.1 Å². The maximum Gasteiger partial charge on any atom is 0.320 e. The van der Waals surface area contributed by atoms with E-state index in [1.54, 1.807) is 7.11 Å². The molecule has 0 bridgehead atoms. The summed E-state index contributed by atoms with van der Waals surface area (Å²) in [5.74, 6) is 0.572. The van der Waals surface area contributed by atoms with Gasteiger partial charge >= 0.3 is 5.97 Å². The fourth-order valence-electron chi connectivity index (χ4n) is 3.59. The van der Waals surface area contributed by atoms with Gasteiger partial charge in [-0.2, -0.15) is 0 Å². The number of benzene rings is 4. The molecule has 8 nitrogen and oxygen atoms in total. The molecule has 0 aromatic heterocycles. The number of rotatable bonds is 12. The van der Waals surface area contributed by atoms with Crippen LogP contribution in [0.3, 0.4) is 0 Å². The van der Waals surface area contributed by atoms with Gasteiger partial charge in [-0.05, 0) is 80.1 Å². The van der Waals surface area contributed by atoms with Crippen molar-refractivity contribution in [2.24, 2.45) is 11.5 Å². The molecular formula is C43H64N2O6. The van der Waals surface area contributed by atoms with E-state index in [-0.39, 0.29) is 5.60 Å². The smallest absolute Gasteiger partial charge is 0.320 e. The first-order valence-electron chi connectivity index (χ1n) is 17.7. The first-order valence-corrected chi connectivity index (χ1v) is 17.7. The van der Waals surface area contributed by atoms with Gasteiger partial charge in [0.1, 0.15) is 37.0 Å². The summed E-state index contributed by atoms with van der Waals surface area (Å²) in [6, 6.07) is 33.6. The van der Waals surface area contributed by atoms with Crippen molar-refractivity contribution in [1.29, 1.82) is 0 Å². The number of carboxylic acid groups (broad SMARTS) is 1. The monoisotopic (exact) mass is 704 g/mol. The highest BCUT2D eigenvalue weighted by atomic mass is 16.5. The lowest BCUT2D eigenvalue weighted by molar-refractivity contribution is -0.138. The van der Waals surface area contributed by atoms with Crippen LogP contribution in [0.5, 0.6) is 11.5 Å². The predicted molar refractivity (Wildman–Crippen MR) is 212 cm³/mol. The minimum atomic E-state index is -0.991. The molecule has 4 aromatic carbocycles. The van der Waals surface area contributed by atoms with E-state index < -0.39 is 18.1 Å². The van der Waals surface area contributed by atoms with Crippen molar-refractivity contribution >= 4 is 12.3 Å². The number of carboxylic acids is 1. The first kappa shape index (κ1) is 48.6. The third-order valence-electron chi connectivity index (χ3n) is 6.37. The number of carbonyl (C=O) groups is 2. The molecule has 4 aromatic rings. The van der Waals surface area contributed by atoms with Crippen LogP contribution < -0.4 is 20.9 Å². The SMILES string of the molecule is CC.CC.CC.COC(C)(C)C.NC(C=O)Cc1ccc(OCc2ccccc2)cc1.NC(Cc1ccc(OCc2ccccc2)cc1)C(=O)O. The predicted octanol–water partition coefficient (Wildman–Crippen LogP) is 9.06. The van der Waals surface area contributed by atoms with Gasteiger partial charge in [0.15, 0.2) is 0 Å². The first-order chi connectivity index (χ1) is 24.5. The Balaban J connectivity index is 0. The van der Waals surface area contributed by atoms with Gasteiger partial charge in [-0.1, -0.05) is 126 Å². The molecule has 0 amide bonds. The zero-order valence-corrected chi connectivity index (χ0v) is 32.6. The second-order valence-electron chi connectivity index (χ2n) is 11.3. The Morgan fingerprint density at radius 1 is 0.627 bits per heavy atom. The van der Waals surface area contributed by atoms with Gasteiger partial charge in [0.05, 0.1) is 11.6 Å². The van der Waals surface area contributed by atoms with Crippen molar-refractivity contribution in [3.63, 3.8) is 0 Å². The number of ether oxygens (including phenoxy) is 3. The lowest BCUT2D eigenvalue weighted by Crippen LogP contribution is -2.32. The highest BCUT2D eigenvalue weighted by molar-refractivity contribution is 5.73. The molecule has 0 radical (unpaired) electrons. The van der Waals surface area contributed by atoms with Crippen molar-refractivity contribution in [2.45, 2.75) is 106 Å². The van der Waals surface area contributed by atoms with Crippen molar-refractivity contribution < 1.29 is 28.9 Å². The Kier molecular flexibility index (Phi) is 28.9. The summed E-state index contributed by atoms with van der Waals surface area (Å²) >= 11 is 0. The van der Waals surface area contributed by atoms with E-state index in [9.17, 15) is 9.59 Å². The van der Waals surface area contributed by atoms with Crippen LogP contribution in [0.2, 0.25) is 0 Å². The van der Waals surface area contributed by atoms with Crippen molar-refractivity contribution in [3.05, 3.63) is 131 Å². The van der Waals surface area contributed by atoms with Crippen LogP contribution >= 0.6 is 0 Å². The minimum absolute atomic E-state index is 0.0417.